The molecular formula is C29H37ClN4O2S. The maximum absolute atomic E-state index is 12.0. The van der Waals surface area contributed by atoms with E-state index >= 15 is 0 Å². The molecule has 0 radical (unpaired) electrons. The van der Waals surface area contributed by atoms with Gasteiger partial charge in [0, 0.05) is 37.3 Å². The van der Waals surface area contributed by atoms with Gasteiger partial charge < -0.3 is 4.98 Å². The SMILES string of the molecule is CC.CN=C/C=C\C1=CC(C2CCN(S(C)(=O)=O)CC2)c2ccc(Cl)cc2C=C1C/C=C/c1cnc[nH]1. The summed E-state index contributed by atoms with van der Waals surface area (Å²) < 4.78 is 25.7. The van der Waals surface area contributed by atoms with Crippen LogP contribution in [0.4, 0.5) is 0 Å². The van der Waals surface area contributed by atoms with E-state index in [-0.39, 0.29) is 5.92 Å². The molecule has 1 aliphatic heterocycles. The molecule has 4 rings (SSSR count). The van der Waals surface area contributed by atoms with E-state index in [2.05, 4.69) is 45.3 Å². The highest BCUT2D eigenvalue weighted by Gasteiger charge is 2.31. The van der Waals surface area contributed by atoms with Crippen molar-refractivity contribution in [1.29, 1.82) is 0 Å². The van der Waals surface area contributed by atoms with Crippen LogP contribution in [-0.4, -0.2) is 55.3 Å². The third-order valence-electron chi connectivity index (χ3n) is 6.61. The quantitative estimate of drug-likeness (QED) is 0.405. The fourth-order valence-electron chi connectivity index (χ4n) is 4.83. The van der Waals surface area contributed by atoms with Crippen molar-refractivity contribution < 1.29 is 8.42 Å². The minimum atomic E-state index is -3.17. The molecule has 8 heteroatoms. The minimum absolute atomic E-state index is 0.160. The predicted octanol–water partition coefficient (Wildman–Crippen LogP) is 6.53. The Kier molecular flexibility index (Phi) is 10.7. The normalized spacial score (nSPS) is 19.4. The number of nitrogens with zero attached hydrogens (tertiary/aromatic N) is 3. The summed E-state index contributed by atoms with van der Waals surface area (Å²) in [5.74, 6) is 0.497. The maximum atomic E-state index is 12.0. The second-order valence-corrected chi connectivity index (χ2v) is 11.4. The Bertz CT molecular complexity index is 1280. The van der Waals surface area contributed by atoms with Gasteiger partial charge in [0.15, 0.2) is 0 Å². The van der Waals surface area contributed by atoms with Crippen LogP contribution in [0, 0.1) is 5.92 Å². The summed E-state index contributed by atoms with van der Waals surface area (Å²) in [7, 11) is -1.41. The first-order chi connectivity index (χ1) is 17.8. The Labute approximate surface area is 226 Å². The third-order valence-corrected chi connectivity index (χ3v) is 8.15. The van der Waals surface area contributed by atoms with Gasteiger partial charge in [0.1, 0.15) is 0 Å². The number of rotatable bonds is 7. The number of sulfonamides is 1. The number of aliphatic imine (C=N–C) groups is 1. The third kappa shape index (κ3) is 7.87. The largest absolute Gasteiger partial charge is 0.345 e. The molecule has 2 heterocycles. The van der Waals surface area contributed by atoms with Crippen LogP contribution in [0.3, 0.4) is 0 Å². The van der Waals surface area contributed by atoms with E-state index in [1.807, 2.05) is 38.1 Å². The molecule has 1 fully saturated rings. The van der Waals surface area contributed by atoms with Gasteiger partial charge in [-0.25, -0.2) is 17.7 Å². The monoisotopic (exact) mass is 540 g/mol. The molecular weight excluding hydrogens is 504 g/mol. The summed E-state index contributed by atoms with van der Waals surface area (Å²) in [4.78, 5) is 11.3. The number of halogens is 1. The molecule has 2 aliphatic rings. The molecule has 1 unspecified atom stereocenters. The Hall–Kier alpha value is -2.74. The number of hydrogen-bond acceptors (Lipinski definition) is 4. The second kappa shape index (κ2) is 13.7. The van der Waals surface area contributed by atoms with Crippen molar-refractivity contribution in [2.45, 2.75) is 39.0 Å². The van der Waals surface area contributed by atoms with E-state index in [9.17, 15) is 8.42 Å². The van der Waals surface area contributed by atoms with Crippen molar-refractivity contribution in [1.82, 2.24) is 14.3 Å². The number of nitrogens with one attached hydrogen (secondary N) is 1. The van der Waals surface area contributed by atoms with Crippen molar-refractivity contribution in [3.8, 4) is 0 Å². The van der Waals surface area contributed by atoms with Crippen LogP contribution in [0.25, 0.3) is 12.2 Å². The lowest BCUT2D eigenvalue weighted by atomic mass is 9.78. The topological polar surface area (TPSA) is 78.4 Å². The molecule has 0 amide bonds. The zero-order valence-electron chi connectivity index (χ0n) is 22.1. The van der Waals surface area contributed by atoms with E-state index in [1.54, 1.807) is 30.1 Å². The summed E-state index contributed by atoms with van der Waals surface area (Å²) in [6.07, 6.45) is 21.7. The number of fused-ring (bicyclic) bond motifs is 1. The smallest absolute Gasteiger partial charge is 0.211 e. The van der Waals surface area contributed by atoms with E-state index in [0.717, 1.165) is 36.1 Å². The number of hydrogen-bond donors (Lipinski definition) is 1. The standard InChI is InChI=1S/C27H31ClN4O2S.C2H6/c1-29-12-4-6-22-17-27(20-10-13-32(14-11-20)35(2,33)34)26-9-8-24(28)16-23(26)15-21(22)5-3-7-25-18-30-19-31-25;1-2/h3-4,6-9,12,15-20,27H,5,10-11,13-14H2,1-2H3,(H,30,31);1-2H3/b6-4-,7-3+,29-12?;. The molecule has 6 nitrogen and oxygen atoms in total. The molecule has 1 aromatic carbocycles. The highest BCUT2D eigenvalue weighted by Crippen LogP contribution is 2.41. The summed E-state index contributed by atoms with van der Waals surface area (Å²) in [6, 6.07) is 6.10. The number of aromatic amines is 1. The maximum Gasteiger partial charge on any atom is 0.211 e. The number of piperidine rings is 1. The first-order valence-electron chi connectivity index (χ1n) is 12.8. The molecule has 0 saturated carbocycles. The summed E-state index contributed by atoms with van der Waals surface area (Å²) >= 11 is 6.42. The van der Waals surface area contributed by atoms with Crippen LogP contribution < -0.4 is 0 Å². The summed E-state index contributed by atoms with van der Waals surface area (Å²) in [6.45, 7) is 5.11. The average molecular weight is 541 g/mol. The number of H-pyrrole nitrogens is 1. The highest BCUT2D eigenvalue weighted by molar-refractivity contribution is 7.88. The Morgan fingerprint density at radius 1 is 1.22 bits per heavy atom. The van der Waals surface area contributed by atoms with Gasteiger partial charge in [0.2, 0.25) is 10.0 Å². The van der Waals surface area contributed by atoms with Crippen molar-refractivity contribution in [2.75, 3.05) is 26.4 Å². The molecule has 0 bridgehead atoms. The van der Waals surface area contributed by atoms with Crippen LogP contribution in [0.1, 0.15) is 55.8 Å². The molecule has 198 valence electrons. The number of allylic oxidation sites excluding steroid dienone is 6. The van der Waals surface area contributed by atoms with Gasteiger partial charge in [-0.05, 0) is 71.7 Å². The van der Waals surface area contributed by atoms with Crippen molar-refractivity contribution in [3.05, 3.63) is 88.0 Å². The van der Waals surface area contributed by atoms with E-state index in [0.29, 0.717) is 24.0 Å². The lowest BCUT2D eigenvalue weighted by Gasteiger charge is -2.34. The molecule has 0 spiro atoms. The minimum Gasteiger partial charge on any atom is -0.345 e. The molecule has 2 aromatic rings. The van der Waals surface area contributed by atoms with Crippen molar-refractivity contribution in [2.24, 2.45) is 10.9 Å². The van der Waals surface area contributed by atoms with E-state index < -0.39 is 10.0 Å². The van der Waals surface area contributed by atoms with Gasteiger partial charge in [-0.2, -0.15) is 0 Å². The van der Waals surface area contributed by atoms with Crippen LogP contribution >= 0.6 is 11.6 Å². The van der Waals surface area contributed by atoms with E-state index in [4.69, 9.17) is 11.6 Å². The van der Waals surface area contributed by atoms with Gasteiger partial charge in [0.05, 0.1) is 24.5 Å². The fraction of sp³-hybridized carbons (Fsp3) is 0.379. The Balaban J connectivity index is 0.00000186. The van der Waals surface area contributed by atoms with Crippen molar-refractivity contribution in [3.63, 3.8) is 0 Å². The molecule has 1 N–H and O–H groups in total. The van der Waals surface area contributed by atoms with Crippen LogP contribution in [0.5, 0.6) is 0 Å². The average Bonchev–Trinajstić information content (AvgIpc) is 3.35. The Morgan fingerprint density at radius 2 is 1.97 bits per heavy atom. The lowest BCUT2D eigenvalue weighted by Crippen LogP contribution is -2.39. The molecule has 1 aromatic heterocycles. The predicted molar refractivity (Wildman–Crippen MR) is 157 cm³/mol. The fourth-order valence-corrected chi connectivity index (χ4v) is 5.89. The second-order valence-electron chi connectivity index (χ2n) is 8.97. The first kappa shape index (κ1) is 28.8. The van der Waals surface area contributed by atoms with Gasteiger partial charge in [-0.3, -0.25) is 4.99 Å². The zero-order chi connectivity index (χ0) is 26.8. The Morgan fingerprint density at radius 3 is 2.62 bits per heavy atom. The molecule has 1 aliphatic carbocycles. The number of benzene rings is 1. The molecule has 1 saturated heterocycles. The van der Waals surface area contributed by atoms with Gasteiger partial charge in [-0.1, -0.05) is 55.8 Å². The van der Waals surface area contributed by atoms with Crippen LogP contribution in [-0.2, 0) is 10.0 Å². The van der Waals surface area contributed by atoms with Crippen molar-refractivity contribution >= 4 is 40.0 Å². The van der Waals surface area contributed by atoms with Crippen LogP contribution in [0.2, 0.25) is 5.02 Å². The molecule has 1 atom stereocenters. The number of aromatic nitrogens is 2. The van der Waals surface area contributed by atoms with Gasteiger partial charge >= 0.3 is 0 Å². The van der Waals surface area contributed by atoms with E-state index in [1.165, 1.54) is 17.4 Å². The summed E-state index contributed by atoms with van der Waals surface area (Å²) in [5, 5.41) is 0.704. The van der Waals surface area contributed by atoms with Gasteiger partial charge in [0.25, 0.3) is 0 Å². The molecule has 37 heavy (non-hydrogen) atoms. The number of imidazole rings is 1. The summed E-state index contributed by atoms with van der Waals surface area (Å²) in [5.41, 5.74) is 5.62. The van der Waals surface area contributed by atoms with Gasteiger partial charge in [-0.15, -0.1) is 0 Å². The lowest BCUT2D eigenvalue weighted by molar-refractivity contribution is 0.260. The highest BCUT2D eigenvalue weighted by atomic mass is 35.5. The zero-order valence-corrected chi connectivity index (χ0v) is 23.6. The van der Waals surface area contributed by atoms with Crippen LogP contribution in [0.15, 0.2) is 71.2 Å². The first-order valence-corrected chi connectivity index (χ1v) is 15.0.